The Labute approximate surface area is 118 Å². The molecule has 110 valence electrons. The van der Waals surface area contributed by atoms with Gasteiger partial charge in [0.15, 0.2) is 0 Å². The molecule has 3 nitrogen and oxygen atoms in total. The van der Waals surface area contributed by atoms with E-state index in [9.17, 15) is 9.90 Å². The lowest BCUT2D eigenvalue weighted by Crippen LogP contribution is -2.43. The van der Waals surface area contributed by atoms with Crippen molar-refractivity contribution in [2.24, 2.45) is 0 Å². The van der Waals surface area contributed by atoms with E-state index in [0.29, 0.717) is 16.6 Å². The van der Waals surface area contributed by atoms with Gasteiger partial charge in [-0.2, -0.15) is 0 Å². The molecule has 0 amide bonds. The topological polar surface area (TPSA) is 46.5 Å². The third-order valence-corrected chi connectivity index (χ3v) is 10.2. The minimum Gasteiger partial charge on any atom is -0.469 e. The highest BCUT2D eigenvalue weighted by Crippen LogP contribution is 2.40. The van der Waals surface area contributed by atoms with Crippen LogP contribution in [0.2, 0.25) is 16.6 Å². The molecule has 1 N–H and O–H groups in total. The zero-order valence-electron chi connectivity index (χ0n) is 13.3. The molecule has 0 heterocycles. The molecule has 0 aliphatic carbocycles. The number of aliphatic hydroxyl groups excluding tert-OH is 1. The van der Waals surface area contributed by atoms with E-state index in [1.54, 1.807) is 0 Å². The van der Waals surface area contributed by atoms with Crippen LogP contribution in [-0.2, 0) is 9.53 Å². The standard InChI is InChI=1S/C15H28O3Si/c1-11(2)19(12(3)4,13(5)6)9-8-14(16)10-15(17)18-7/h11-14,16H,10H2,1-7H3/t14-/m0/s1. The summed E-state index contributed by atoms with van der Waals surface area (Å²) in [5.74, 6) is 2.48. The van der Waals surface area contributed by atoms with Crippen LogP contribution in [0.1, 0.15) is 48.0 Å². The van der Waals surface area contributed by atoms with Crippen LogP contribution in [0.5, 0.6) is 0 Å². The fourth-order valence-corrected chi connectivity index (χ4v) is 8.22. The SMILES string of the molecule is COC(=O)C[C@@H](O)C#C[Si](C(C)C)(C(C)C)C(C)C. The van der Waals surface area contributed by atoms with E-state index in [-0.39, 0.29) is 6.42 Å². The van der Waals surface area contributed by atoms with Crippen molar-refractivity contribution >= 4 is 14.0 Å². The van der Waals surface area contributed by atoms with Crippen LogP contribution in [0.15, 0.2) is 0 Å². The summed E-state index contributed by atoms with van der Waals surface area (Å²) in [7, 11) is -0.507. The summed E-state index contributed by atoms with van der Waals surface area (Å²) in [4.78, 5) is 11.1. The maximum atomic E-state index is 11.1. The Morgan fingerprint density at radius 2 is 1.53 bits per heavy atom. The minimum absolute atomic E-state index is 0.0533. The van der Waals surface area contributed by atoms with E-state index >= 15 is 0 Å². The Balaban J connectivity index is 5.19. The van der Waals surface area contributed by atoms with Crippen molar-refractivity contribution in [3.8, 4) is 11.5 Å². The van der Waals surface area contributed by atoms with Gasteiger partial charge < -0.3 is 9.84 Å². The number of carbonyl (C=O) groups excluding carboxylic acids is 1. The molecular formula is C15H28O3Si. The van der Waals surface area contributed by atoms with Gasteiger partial charge in [0.1, 0.15) is 14.2 Å². The zero-order chi connectivity index (χ0) is 15.2. The van der Waals surface area contributed by atoms with Gasteiger partial charge in [0.05, 0.1) is 13.5 Å². The molecule has 0 aromatic heterocycles. The molecule has 0 saturated carbocycles. The lowest BCUT2D eigenvalue weighted by Gasteiger charge is -2.38. The molecule has 0 unspecified atom stereocenters. The second kappa shape index (κ2) is 7.71. The fourth-order valence-electron chi connectivity index (χ4n) is 2.93. The van der Waals surface area contributed by atoms with Crippen LogP contribution in [0.25, 0.3) is 0 Å². The number of esters is 1. The van der Waals surface area contributed by atoms with Crippen molar-refractivity contribution in [3.63, 3.8) is 0 Å². The summed E-state index contributed by atoms with van der Waals surface area (Å²) >= 11 is 0. The van der Waals surface area contributed by atoms with Crippen LogP contribution >= 0.6 is 0 Å². The molecule has 1 atom stereocenters. The van der Waals surface area contributed by atoms with E-state index in [4.69, 9.17) is 0 Å². The number of aliphatic hydroxyl groups is 1. The first-order valence-electron chi connectivity index (χ1n) is 6.96. The van der Waals surface area contributed by atoms with Crippen molar-refractivity contribution in [1.82, 2.24) is 0 Å². The van der Waals surface area contributed by atoms with Crippen molar-refractivity contribution in [2.45, 2.75) is 70.7 Å². The third-order valence-electron chi connectivity index (χ3n) is 3.91. The van der Waals surface area contributed by atoms with Crippen LogP contribution in [0.3, 0.4) is 0 Å². The van der Waals surface area contributed by atoms with E-state index in [1.165, 1.54) is 7.11 Å². The Bertz CT molecular complexity index is 328. The molecule has 19 heavy (non-hydrogen) atoms. The van der Waals surface area contributed by atoms with Gasteiger partial charge in [0.25, 0.3) is 0 Å². The van der Waals surface area contributed by atoms with Gasteiger partial charge in [-0.05, 0) is 16.6 Å². The maximum Gasteiger partial charge on any atom is 0.309 e. The predicted octanol–water partition coefficient (Wildman–Crippen LogP) is 3.13. The van der Waals surface area contributed by atoms with Gasteiger partial charge in [-0.15, -0.1) is 5.54 Å². The highest BCUT2D eigenvalue weighted by atomic mass is 28.3. The average molecular weight is 284 g/mol. The molecule has 0 aromatic rings. The molecule has 0 spiro atoms. The Hall–Kier alpha value is -0.793. The first-order chi connectivity index (χ1) is 8.68. The van der Waals surface area contributed by atoms with Gasteiger partial charge in [-0.3, -0.25) is 4.79 Å². The largest absolute Gasteiger partial charge is 0.469 e. The Morgan fingerprint density at radius 1 is 1.11 bits per heavy atom. The average Bonchev–Trinajstić information content (AvgIpc) is 2.27. The molecule has 0 aromatic carbocycles. The maximum absolute atomic E-state index is 11.1. The van der Waals surface area contributed by atoms with Crippen molar-refractivity contribution < 1.29 is 14.6 Å². The van der Waals surface area contributed by atoms with E-state index in [2.05, 4.69) is 57.7 Å². The van der Waals surface area contributed by atoms with Crippen molar-refractivity contribution in [1.29, 1.82) is 0 Å². The Morgan fingerprint density at radius 3 is 1.84 bits per heavy atom. The van der Waals surface area contributed by atoms with E-state index < -0.39 is 20.1 Å². The van der Waals surface area contributed by atoms with Crippen molar-refractivity contribution in [3.05, 3.63) is 0 Å². The summed E-state index contributed by atoms with van der Waals surface area (Å²) in [6, 6.07) is 0. The summed E-state index contributed by atoms with van der Waals surface area (Å²) in [5.41, 5.74) is 4.95. The summed E-state index contributed by atoms with van der Waals surface area (Å²) < 4.78 is 4.54. The van der Waals surface area contributed by atoms with Gasteiger partial charge in [-0.25, -0.2) is 0 Å². The third kappa shape index (κ3) is 4.66. The number of ether oxygens (including phenoxy) is 1. The quantitative estimate of drug-likeness (QED) is 0.479. The molecule has 0 aliphatic rings. The first kappa shape index (κ1) is 18.2. The Kier molecular flexibility index (Phi) is 7.39. The fraction of sp³-hybridized carbons (Fsp3) is 0.800. The number of methoxy groups -OCH3 is 1. The molecular weight excluding hydrogens is 256 g/mol. The normalized spacial score (nSPS) is 13.4. The lowest BCUT2D eigenvalue weighted by atomic mass is 10.3. The summed E-state index contributed by atoms with van der Waals surface area (Å²) in [6.07, 6.45) is -0.974. The molecule has 4 heteroatoms. The lowest BCUT2D eigenvalue weighted by molar-refractivity contribution is -0.142. The first-order valence-corrected chi connectivity index (χ1v) is 9.19. The summed E-state index contributed by atoms with van der Waals surface area (Å²) in [5, 5.41) is 9.81. The van der Waals surface area contributed by atoms with Gasteiger partial charge in [-0.1, -0.05) is 47.5 Å². The highest BCUT2D eigenvalue weighted by molar-refractivity contribution is 6.90. The van der Waals surface area contributed by atoms with Crippen molar-refractivity contribution in [2.75, 3.05) is 7.11 Å². The second-order valence-corrected chi connectivity index (χ2v) is 11.5. The van der Waals surface area contributed by atoms with Crippen LogP contribution in [-0.4, -0.2) is 32.4 Å². The molecule has 0 radical (unpaired) electrons. The molecule has 0 bridgehead atoms. The van der Waals surface area contributed by atoms with Gasteiger partial charge >= 0.3 is 5.97 Å². The van der Waals surface area contributed by atoms with Crippen LogP contribution in [0, 0.1) is 11.5 Å². The number of carbonyl (C=O) groups is 1. The minimum atomic E-state index is -1.82. The van der Waals surface area contributed by atoms with Crippen LogP contribution < -0.4 is 0 Å². The van der Waals surface area contributed by atoms with Crippen LogP contribution in [0.4, 0.5) is 0 Å². The molecule has 0 fully saturated rings. The number of hydrogen-bond acceptors (Lipinski definition) is 3. The number of rotatable bonds is 5. The second-order valence-electron chi connectivity index (χ2n) is 5.96. The van der Waals surface area contributed by atoms with E-state index in [1.807, 2.05) is 0 Å². The van der Waals surface area contributed by atoms with Gasteiger partial charge in [0.2, 0.25) is 0 Å². The molecule has 0 aliphatic heterocycles. The van der Waals surface area contributed by atoms with Gasteiger partial charge in [0, 0.05) is 0 Å². The smallest absolute Gasteiger partial charge is 0.309 e. The molecule has 0 rings (SSSR count). The highest BCUT2D eigenvalue weighted by Gasteiger charge is 2.41. The van der Waals surface area contributed by atoms with E-state index in [0.717, 1.165) is 0 Å². The zero-order valence-corrected chi connectivity index (χ0v) is 14.3. The number of hydrogen-bond donors (Lipinski definition) is 1. The molecule has 0 saturated heterocycles. The monoisotopic (exact) mass is 284 g/mol. The summed E-state index contributed by atoms with van der Waals surface area (Å²) in [6.45, 7) is 13.3. The predicted molar refractivity (Wildman–Crippen MR) is 81.5 cm³/mol.